The van der Waals surface area contributed by atoms with Gasteiger partial charge >= 0.3 is 0 Å². The SMILES string of the molecule is COCCOCCOCCn1cc(C[C@@H]2CCCN2C(=O)[C@@H](C)C2CCCCC2)c2ccc(F)cc21. The number of aromatic nitrogens is 1. The van der Waals surface area contributed by atoms with E-state index in [0.717, 1.165) is 36.7 Å². The second-order valence-electron chi connectivity index (χ2n) is 10.4. The second-order valence-corrected chi connectivity index (χ2v) is 10.4. The van der Waals surface area contributed by atoms with Gasteiger partial charge in [0.2, 0.25) is 5.91 Å². The zero-order chi connectivity index (χ0) is 25.3. The molecule has 1 saturated heterocycles. The number of likely N-dealkylation sites (tertiary alicyclic amines) is 1. The first-order valence-electron chi connectivity index (χ1n) is 13.8. The Balaban J connectivity index is 1.38. The van der Waals surface area contributed by atoms with Crippen molar-refractivity contribution in [2.24, 2.45) is 11.8 Å². The molecule has 0 bridgehead atoms. The minimum atomic E-state index is -0.236. The normalized spacial score (nSPS) is 19.9. The Bertz CT molecular complexity index is 972. The lowest BCUT2D eigenvalue weighted by atomic mass is 9.80. The fourth-order valence-electron chi connectivity index (χ4n) is 6.01. The van der Waals surface area contributed by atoms with Gasteiger partial charge in [-0.3, -0.25) is 4.79 Å². The van der Waals surface area contributed by atoms with Gasteiger partial charge in [0.1, 0.15) is 5.82 Å². The van der Waals surface area contributed by atoms with E-state index in [4.69, 9.17) is 14.2 Å². The number of nitrogens with zero attached hydrogens (tertiary/aromatic N) is 2. The van der Waals surface area contributed by atoms with Gasteiger partial charge < -0.3 is 23.7 Å². The number of benzene rings is 1. The predicted octanol–water partition coefficient (Wildman–Crippen LogP) is 5.21. The molecule has 0 N–H and O–H groups in total. The van der Waals surface area contributed by atoms with Crippen LogP contribution in [-0.4, -0.2) is 68.1 Å². The summed E-state index contributed by atoms with van der Waals surface area (Å²) in [6, 6.07) is 5.24. The molecule has 0 spiro atoms. The lowest BCUT2D eigenvalue weighted by Crippen LogP contribution is -2.42. The first-order chi connectivity index (χ1) is 17.6. The highest BCUT2D eigenvalue weighted by Gasteiger charge is 2.35. The van der Waals surface area contributed by atoms with E-state index in [0.29, 0.717) is 51.4 Å². The van der Waals surface area contributed by atoms with Gasteiger partial charge in [0.05, 0.1) is 38.6 Å². The zero-order valence-corrected chi connectivity index (χ0v) is 22.1. The summed E-state index contributed by atoms with van der Waals surface area (Å²) in [4.78, 5) is 15.6. The maximum Gasteiger partial charge on any atom is 0.225 e. The molecule has 1 aromatic heterocycles. The molecule has 200 valence electrons. The van der Waals surface area contributed by atoms with Crippen LogP contribution in [0, 0.1) is 17.7 Å². The van der Waals surface area contributed by atoms with Crippen molar-refractivity contribution in [3.05, 3.63) is 35.8 Å². The Labute approximate surface area is 215 Å². The van der Waals surface area contributed by atoms with Crippen LogP contribution < -0.4 is 0 Å². The number of fused-ring (bicyclic) bond motifs is 1. The average molecular weight is 503 g/mol. The van der Waals surface area contributed by atoms with Crippen LogP contribution in [0.3, 0.4) is 0 Å². The van der Waals surface area contributed by atoms with E-state index in [1.165, 1.54) is 43.7 Å². The summed E-state index contributed by atoms with van der Waals surface area (Å²) in [7, 11) is 1.65. The second kappa shape index (κ2) is 13.5. The van der Waals surface area contributed by atoms with Gasteiger partial charge in [0.15, 0.2) is 0 Å². The van der Waals surface area contributed by atoms with Crippen LogP contribution in [0.1, 0.15) is 57.4 Å². The van der Waals surface area contributed by atoms with Gasteiger partial charge in [-0.1, -0.05) is 26.2 Å². The van der Waals surface area contributed by atoms with Crippen LogP contribution in [0.4, 0.5) is 4.39 Å². The smallest absolute Gasteiger partial charge is 0.225 e. The number of methoxy groups -OCH3 is 1. The summed E-state index contributed by atoms with van der Waals surface area (Å²) in [5, 5.41) is 1.07. The first-order valence-corrected chi connectivity index (χ1v) is 13.8. The molecule has 1 aliphatic heterocycles. The number of ether oxygens (including phenoxy) is 3. The van der Waals surface area contributed by atoms with E-state index in [2.05, 4.69) is 22.6 Å². The van der Waals surface area contributed by atoms with Crippen molar-refractivity contribution in [1.29, 1.82) is 0 Å². The molecule has 0 radical (unpaired) electrons. The Hall–Kier alpha value is -1.96. The van der Waals surface area contributed by atoms with Gasteiger partial charge in [-0.05, 0) is 61.8 Å². The molecule has 2 aliphatic rings. The number of hydrogen-bond donors (Lipinski definition) is 0. The molecule has 2 heterocycles. The molecule has 6 nitrogen and oxygen atoms in total. The fourth-order valence-corrected chi connectivity index (χ4v) is 6.01. The largest absolute Gasteiger partial charge is 0.382 e. The lowest BCUT2D eigenvalue weighted by Gasteiger charge is -2.33. The van der Waals surface area contributed by atoms with Crippen LogP contribution in [0.25, 0.3) is 10.9 Å². The Morgan fingerprint density at radius 3 is 2.56 bits per heavy atom. The summed E-state index contributed by atoms with van der Waals surface area (Å²) < 4.78 is 32.4. The Morgan fingerprint density at radius 1 is 1.03 bits per heavy atom. The molecule has 7 heteroatoms. The summed E-state index contributed by atoms with van der Waals surface area (Å²) in [6.07, 6.45) is 11.2. The van der Waals surface area contributed by atoms with E-state index in [9.17, 15) is 9.18 Å². The molecule has 1 aliphatic carbocycles. The Morgan fingerprint density at radius 2 is 1.78 bits per heavy atom. The third-order valence-corrected chi connectivity index (χ3v) is 8.07. The highest BCUT2D eigenvalue weighted by Crippen LogP contribution is 2.34. The van der Waals surface area contributed by atoms with Crippen molar-refractivity contribution in [1.82, 2.24) is 9.47 Å². The molecule has 2 aromatic rings. The minimum Gasteiger partial charge on any atom is -0.382 e. The molecule has 0 unspecified atom stereocenters. The first kappa shape index (κ1) is 27.1. The van der Waals surface area contributed by atoms with Gasteiger partial charge in [0, 0.05) is 43.7 Å². The number of hydrogen-bond acceptors (Lipinski definition) is 4. The summed E-state index contributed by atoms with van der Waals surface area (Å²) in [6.45, 7) is 6.35. The molecule has 1 amide bonds. The van der Waals surface area contributed by atoms with Gasteiger partial charge in [-0.2, -0.15) is 0 Å². The number of rotatable bonds is 13. The number of carbonyl (C=O) groups is 1. The third-order valence-electron chi connectivity index (χ3n) is 8.07. The van der Waals surface area contributed by atoms with Crippen LogP contribution >= 0.6 is 0 Å². The molecule has 2 fully saturated rings. The highest BCUT2D eigenvalue weighted by atomic mass is 19.1. The molecular weight excluding hydrogens is 459 g/mol. The average Bonchev–Trinajstić information content (AvgIpc) is 3.50. The summed E-state index contributed by atoms with van der Waals surface area (Å²) >= 11 is 0. The summed E-state index contributed by atoms with van der Waals surface area (Å²) in [5.74, 6) is 0.736. The van der Waals surface area contributed by atoms with E-state index in [1.807, 2.05) is 6.07 Å². The van der Waals surface area contributed by atoms with Crippen molar-refractivity contribution >= 4 is 16.8 Å². The quantitative estimate of drug-likeness (QED) is 0.353. The van der Waals surface area contributed by atoms with Crippen molar-refractivity contribution < 1.29 is 23.4 Å². The molecule has 2 atom stereocenters. The van der Waals surface area contributed by atoms with E-state index < -0.39 is 0 Å². The third kappa shape index (κ3) is 6.87. The van der Waals surface area contributed by atoms with Crippen molar-refractivity contribution in [2.75, 3.05) is 46.7 Å². The molecule has 1 aromatic carbocycles. The predicted molar refractivity (Wildman–Crippen MR) is 140 cm³/mol. The standard InChI is InChI=1S/C29H43FN2O4/c1-22(23-7-4-3-5-8-23)29(33)32-12-6-9-26(32)19-24-21-31(28-20-25(30)10-11-27(24)28)13-14-35-17-18-36-16-15-34-2/h10-11,20-23,26H,3-9,12-19H2,1-2H3/t22-,26-/m0/s1. The summed E-state index contributed by atoms with van der Waals surface area (Å²) in [5.41, 5.74) is 2.07. The lowest BCUT2D eigenvalue weighted by molar-refractivity contribution is -0.138. The monoisotopic (exact) mass is 502 g/mol. The highest BCUT2D eigenvalue weighted by molar-refractivity contribution is 5.84. The minimum absolute atomic E-state index is 0.108. The fraction of sp³-hybridized carbons (Fsp3) is 0.690. The van der Waals surface area contributed by atoms with Gasteiger partial charge in [-0.15, -0.1) is 0 Å². The maximum atomic E-state index is 14.1. The molecule has 4 rings (SSSR count). The van der Waals surface area contributed by atoms with Crippen molar-refractivity contribution in [2.45, 2.75) is 70.9 Å². The molecule has 36 heavy (non-hydrogen) atoms. The van der Waals surface area contributed by atoms with E-state index in [1.54, 1.807) is 13.2 Å². The number of carbonyl (C=O) groups excluding carboxylic acids is 1. The van der Waals surface area contributed by atoms with Crippen LogP contribution in [0.5, 0.6) is 0 Å². The van der Waals surface area contributed by atoms with Crippen LogP contribution in [-0.2, 0) is 32.0 Å². The number of halogens is 1. The topological polar surface area (TPSA) is 52.9 Å². The van der Waals surface area contributed by atoms with Crippen molar-refractivity contribution in [3.8, 4) is 0 Å². The van der Waals surface area contributed by atoms with Gasteiger partial charge in [0.25, 0.3) is 0 Å². The Kier molecular flexibility index (Phi) is 10.2. The number of amides is 1. The van der Waals surface area contributed by atoms with Gasteiger partial charge in [-0.25, -0.2) is 4.39 Å². The molecule has 1 saturated carbocycles. The van der Waals surface area contributed by atoms with E-state index >= 15 is 0 Å². The molecular formula is C29H43FN2O4. The van der Waals surface area contributed by atoms with E-state index in [-0.39, 0.29) is 17.8 Å². The van der Waals surface area contributed by atoms with Crippen molar-refractivity contribution in [3.63, 3.8) is 0 Å². The maximum absolute atomic E-state index is 14.1. The van der Waals surface area contributed by atoms with Crippen LogP contribution in [0.2, 0.25) is 0 Å². The van der Waals surface area contributed by atoms with Crippen LogP contribution in [0.15, 0.2) is 24.4 Å². The zero-order valence-electron chi connectivity index (χ0n) is 22.1.